The number of ether oxygens (including phenoxy) is 1. The van der Waals surface area contributed by atoms with Crippen molar-refractivity contribution in [2.24, 2.45) is 0 Å². The van der Waals surface area contributed by atoms with Gasteiger partial charge >= 0.3 is 0 Å². The molecule has 154 valence electrons. The normalized spacial score (nSPS) is 20.1. The first-order chi connectivity index (χ1) is 12.8. The second-order valence-corrected chi connectivity index (χ2v) is 7.55. The summed E-state index contributed by atoms with van der Waals surface area (Å²) in [5.41, 5.74) is 2.28. The number of morpholine rings is 1. The summed E-state index contributed by atoms with van der Waals surface area (Å²) < 4.78 is 5.41. The highest BCUT2D eigenvalue weighted by atomic mass is 35.5. The molecular formula is C19H26Cl2N4O2S. The smallest absolute Gasteiger partial charge is 0.242 e. The van der Waals surface area contributed by atoms with Crippen LogP contribution in [0.25, 0.3) is 10.6 Å². The zero-order valence-corrected chi connectivity index (χ0v) is 18.0. The Balaban J connectivity index is 0.00000140. The summed E-state index contributed by atoms with van der Waals surface area (Å²) in [7, 11) is 0. The summed E-state index contributed by atoms with van der Waals surface area (Å²) >= 11 is 1.69. The van der Waals surface area contributed by atoms with Gasteiger partial charge in [-0.25, -0.2) is 4.98 Å². The van der Waals surface area contributed by atoms with E-state index >= 15 is 0 Å². The Labute approximate surface area is 182 Å². The van der Waals surface area contributed by atoms with Gasteiger partial charge in [-0.1, -0.05) is 30.3 Å². The summed E-state index contributed by atoms with van der Waals surface area (Å²) in [6, 6.07) is 10.1. The number of carbonyl (C=O) groups excluding carboxylic acids is 1. The van der Waals surface area contributed by atoms with Gasteiger partial charge in [0.1, 0.15) is 11.0 Å². The number of carbonyl (C=O) groups is 1. The number of amides is 1. The minimum Gasteiger partial charge on any atom is -0.378 e. The molecule has 1 amide bonds. The van der Waals surface area contributed by atoms with Gasteiger partial charge in [-0.15, -0.1) is 36.2 Å². The number of nitrogens with zero attached hydrogens (tertiary/aromatic N) is 3. The van der Waals surface area contributed by atoms with Crippen LogP contribution in [0.15, 0.2) is 35.7 Å². The molecule has 6 nitrogen and oxygen atoms in total. The molecule has 1 atom stereocenters. The van der Waals surface area contributed by atoms with Crippen molar-refractivity contribution in [2.75, 3.05) is 45.9 Å². The fraction of sp³-hybridized carbons (Fsp3) is 0.474. The van der Waals surface area contributed by atoms with E-state index in [1.54, 1.807) is 11.3 Å². The van der Waals surface area contributed by atoms with Crippen molar-refractivity contribution >= 4 is 42.1 Å². The maximum absolute atomic E-state index is 12.5. The third-order valence-electron chi connectivity index (χ3n) is 4.86. The van der Waals surface area contributed by atoms with Gasteiger partial charge in [0.2, 0.25) is 5.91 Å². The van der Waals surface area contributed by atoms with E-state index in [0.29, 0.717) is 13.2 Å². The zero-order chi connectivity index (χ0) is 17.8. The van der Waals surface area contributed by atoms with Crippen LogP contribution in [0.3, 0.4) is 0 Å². The molecular weight excluding hydrogens is 419 g/mol. The third-order valence-corrected chi connectivity index (χ3v) is 5.80. The molecule has 9 heteroatoms. The minimum absolute atomic E-state index is 0. The Morgan fingerprint density at radius 3 is 2.61 bits per heavy atom. The molecule has 1 unspecified atom stereocenters. The highest BCUT2D eigenvalue weighted by Crippen LogP contribution is 2.24. The largest absolute Gasteiger partial charge is 0.378 e. The molecule has 0 bridgehead atoms. The number of hydrogen-bond acceptors (Lipinski definition) is 6. The van der Waals surface area contributed by atoms with Crippen molar-refractivity contribution in [1.82, 2.24) is 20.1 Å². The average Bonchev–Trinajstić information content (AvgIpc) is 3.18. The molecule has 0 radical (unpaired) electrons. The van der Waals surface area contributed by atoms with Crippen LogP contribution >= 0.6 is 36.2 Å². The average molecular weight is 445 g/mol. The summed E-state index contributed by atoms with van der Waals surface area (Å²) in [6.07, 6.45) is 0. The monoisotopic (exact) mass is 444 g/mol. The SMILES string of the molecule is Cl.Cl.O=C(C1COCCN1)N1CCN(Cc2csc(-c3ccccc3)n2)CC1. The second-order valence-electron chi connectivity index (χ2n) is 6.69. The predicted octanol–water partition coefficient (Wildman–Crippen LogP) is 2.29. The van der Waals surface area contributed by atoms with Gasteiger partial charge in [0.05, 0.1) is 18.9 Å². The number of halogens is 2. The van der Waals surface area contributed by atoms with Crippen molar-refractivity contribution in [3.05, 3.63) is 41.4 Å². The van der Waals surface area contributed by atoms with E-state index in [9.17, 15) is 4.79 Å². The van der Waals surface area contributed by atoms with Crippen molar-refractivity contribution in [1.29, 1.82) is 0 Å². The number of rotatable bonds is 4. The van der Waals surface area contributed by atoms with Gasteiger partial charge < -0.3 is 15.0 Å². The number of piperazine rings is 1. The molecule has 0 spiro atoms. The Hall–Kier alpha value is -1.22. The van der Waals surface area contributed by atoms with E-state index in [1.807, 2.05) is 23.1 Å². The van der Waals surface area contributed by atoms with Gasteiger partial charge in [-0.3, -0.25) is 9.69 Å². The van der Waals surface area contributed by atoms with Crippen molar-refractivity contribution < 1.29 is 9.53 Å². The Morgan fingerprint density at radius 2 is 1.93 bits per heavy atom. The van der Waals surface area contributed by atoms with E-state index in [4.69, 9.17) is 9.72 Å². The first-order valence-electron chi connectivity index (χ1n) is 9.12. The molecule has 0 saturated carbocycles. The summed E-state index contributed by atoms with van der Waals surface area (Å²) in [4.78, 5) is 21.6. The number of benzene rings is 1. The molecule has 2 aliphatic rings. The summed E-state index contributed by atoms with van der Waals surface area (Å²) in [6.45, 7) is 6.09. The van der Waals surface area contributed by atoms with Crippen LogP contribution in [0.1, 0.15) is 5.69 Å². The number of thiazole rings is 1. The molecule has 28 heavy (non-hydrogen) atoms. The van der Waals surface area contributed by atoms with Gasteiger partial charge in [0.15, 0.2) is 0 Å². The van der Waals surface area contributed by atoms with Gasteiger partial charge in [-0.05, 0) is 0 Å². The summed E-state index contributed by atoms with van der Waals surface area (Å²) in [5.74, 6) is 0.171. The van der Waals surface area contributed by atoms with Crippen LogP contribution in [0.2, 0.25) is 0 Å². The third kappa shape index (κ3) is 5.65. The van der Waals surface area contributed by atoms with E-state index in [1.165, 1.54) is 5.56 Å². The van der Waals surface area contributed by atoms with Crippen LogP contribution in [0.4, 0.5) is 0 Å². The maximum Gasteiger partial charge on any atom is 0.242 e. The standard InChI is InChI=1S/C19H24N4O2S.2ClH/c24-19(17-13-25-11-6-20-17)23-9-7-22(8-10-23)12-16-14-26-18(21-16)15-4-2-1-3-5-15;;/h1-5,14,17,20H,6-13H2;2*1H. The van der Waals surface area contributed by atoms with Crippen LogP contribution < -0.4 is 5.32 Å². The first kappa shape index (κ1) is 23.1. The highest BCUT2D eigenvalue weighted by molar-refractivity contribution is 7.13. The molecule has 0 aliphatic carbocycles. The number of hydrogen-bond donors (Lipinski definition) is 1. The van der Waals surface area contributed by atoms with Crippen molar-refractivity contribution in [2.45, 2.75) is 12.6 Å². The quantitative estimate of drug-likeness (QED) is 0.783. The fourth-order valence-corrected chi connectivity index (χ4v) is 4.21. The Kier molecular flexibility index (Phi) is 9.14. The van der Waals surface area contributed by atoms with Crippen molar-refractivity contribution in [3.8, 4) is 10.6 Å². The lowest BCUT2D eigenvalue weighted by molar-refractivity contribution is -0.138. The Bertz CT molecular complexity index is 733. The molecule has 2 fully saturated rings. The fourth-order valence-electron chi connectivity index (χ4n) is 3.39. The zero-order valence-electron chi connectivity index (χ0n) is 15.6. The lowest BCUT2D eigenvalue weighted by Crippen LogP contribution is -2.57. The molecule has 1 N–H and O–H groups in total. The molecule has 1 aromatic heterocycles. The molecule has 2 saturated heterocycles. The number of aromatic nitrogens is 1. The maximum atomic E-state index is 12.5. The van der Waals surface area contributed by atoms with E-state index in [0.717, 1.165) is 50.0 Å². The lowest BCUT2D eigenvalue weighted by atomic mass is 10.2. The molecule has 3 heterocycles. The molecule has 1 aromatic carbocycles. The Morgan fingerprint density at radius 1 is 1.18 bits per heavy atom. The van der Waals surface area contributed by atoms with Crippen LogP contribution in [-0.2, 0) is 16.1 Å². The van der Waals surface area contributed by atoms with E-state index in [-0.39, 0.29) is 36.8 Å². The van der Waals surface area contributed by atoms with Gasteiger partial charge in [0.25, 0.3) is 0 Å². The first-order valence-corrected chi connectivity index (χ1v) is 9.99. The van der Waals surface area contributed by atoms with E-state index < -0.39 is 0 Å². The molecule has 2 aliphatic heterocycles. The topological polar surface area (TPSA) is 57.7 Å². The predicted molar refractivity (Wildman–Crippen MR) is 117 cm³/mol. The van der Waals surface area contributed by atoms with Gasteiger partial charge in [-0.2, -0.15) is 0 Å². The number of nitrogens with one attached hydrogen (secondary N) is 1. The minimum atomic E-state index is -0.178. The lowest BCUT2D eigenvalue weighted by Gasteiger charge is -2.37. The second kappa shape index (κ2) is 11.1. The van der Waals surface area contributed by atoms with Crippen LogP contribution in [0.5, 0.6) is 0 Å². The van der Waals surface area contributed by atoms with E-state index in [2.05, 4.69) is 27.7 Å². The molecule has 4 rings (SSSR count). The van der Waals surface area contributed by atoms with Crippen LogP contribution in [0, 0.1) is 0 Å². The van der Waals surface area contributed by atoms with Crippen LogP contribution in [-0.4, -0.2) is 72.7 Å². The van der Waals surface area contributed by atoms with Gasteiger partial charge in [0, 0.05) is 50.2 Å². The summed E-state index contributed by atoms with van der Waals surface area (Å²) in [5, 5.41) is 6.46. The molecule has 2 aromatic rings. The highest BCUT2D eigenvalue weighted by Gasteiger charge is 2.28. The van der Waals surface area contributed by atoms with Crippen molar-refractivity contribution in [3.63, 3.8) is 0 Å².